The van der Waals surface area contributed by atoms with E-state index in [2.05, 4.69) is 4.98 Å². The van der Waals surface area contributed by atoms with Gasteiger partial charge in [-0.15, -0.1) is 24.8 Å². The number of nitrogen functional groups attached to an aromatic ring is 1. The summed E-state index contributed by atoms with van der Waals surface area (Å²) in [6.07, 6.45) is -3.72. The molecule has 3 rings (SSSR count). The van der Waals surface area contributed by atoms with Gasteiger partial charge < -0.3 is 15.5 Å². The van der Waals surface area contributed by atoms with Crippen molar-refractivity contribution < 1.29 is 18.0 Å². The molecule has 11 heteroatoms. The van der Waals surface area contributed by atoms with Crippen LogP contribution in [0.2, 0.25) is 5.02 Å². The monoisotopic (exact) mass is 456 g/mol. The van der Waals surface area contributed by atoms with Crippen LogP contribution in [0.1, 0.15) is 15.9 Å². The fourth-order valence-electron chi connectivity index (χ4n) is 2.80. The number of rotatable bonds is 2. The van der Waals surface area contributed by atoms with Gasteiger partial charge >= 0.3 is 6.18 Å². The number of nitrogens with two attached hydrogens (primary N) is 1. The number of aromatic nitrogens is 1. The number of nitrogens with zero attached hydrogens (tertiary/aromatic N) is 3. The fourth-order valence-corrected chi connectivity index (χ4v) is 3.09. The molecule has 0 saturated carbocycles. The van der Waals surface area contributed by atoms with Gasteiger partial charge in [0.25, 0.3) is 5.91 Å². The molecule has 0 radical (unpaired) electrons. The standard InChI is InChI=1S/C17H16ClF3N4O.2ClH/c18-13-9-11(17(19,20)21)10-23-15(13)24-5-7-25(8-6-24)16(26)12-3-1-2-4-14(12)22;;/h1-4,9-10H,5-8,22H2;2*1H. The highest BCUT2D eigenvalue weighted by molar-refractivity contribution is 6.33. The molecule has 1 aliphatic heterocycles. The summed E-state index contributed by atoms with van der Waals surface area (Å²) in [4.78, 5) is 19.8. The molecule has 154 valence electrons. The molecule has 0 spiro atoms. The summed E-state index contributed by atoms with van der Waals surface area (Å²) in [5, 5.41) is -0.0631. The highest BCUT2D eigenvalue weighted by Crippen LogP contribution is 2.33. The molecular formula is C17H18Cl3F3N4O. The molecule has 1 aromatic heterocycles. The van der Waals surface area contributed by atoms with Gasteiger partial charge in [-0.05, 0) is 18.2 Å². The molecule has 0 aliphatic carbocycles. The van der Waals surface area contributed by atoms with Gasteiger partial charge in [0, 0.05) is 38.1 Å². The summed E-state index contributed by atoms with van der Waals surface area (Å²) < 4.78 is 38.1. The number of pyridine rings is 1. The SMILES string of the molecule is Cl.Cl.Nc1ccccc1C(=O)N1CCN(c2ncc(C(F)(F)F)cc2Cl)CC1. The van der Waals surface area contributed by atoms with Crippen LogP contribution in [0.25, 0.3) is 0 Å². The van der Waals surface area contributed by atoms with Gasteiger partial charge in [-0.1, -0.05) is 23.7 Å². The van der Waals surface area contributed by atoms with Gasteiger partial charge in [-0.25, -0.2) is 4.98 Å². The van der Waals surface area contributed by atoms with E-state index in [0.717, 1.165) is 12.3 Å². The first-order valence-electron chi connectivity index (χ1n) is 7.89. The Morgan fingerprint density at radius 3 is 2.25 bits per heavy atom. The number of carbonyl (C=O) groups excluding carboxylic acids is 1. The van der Waals surface area contributed by atoms with Crippen molar-refractivity contribution in [1.29, 1.82) is 0 Å². The Morgan fingerprint density at radius 2 is 1.71 bits per heavy atom. The Labute approximate surface area is 177 Å². The second kappa shape index (κ2) is 9.54. The summed E-state index contributed by atoms with van der Waals surface area (Å²) >= 11 is 5.98. The second-order valence-electron chi connectivity index (χ2n) is 5.89. The van der Waals surface area contributed by atoms with E-state index in [0.29, 0.717) is 37.4 Å². The number of piperazine rings is 1. The van der Waals surface area contributed by atoms with Crippen molar-refractivity contribution in [3.63, 3.8) is 0 Å². The average Bonchev–Trinajstić information content (AvgIpc) is 2.61. The smallest absolute Gasteiger partial charge is 0.398 e. The normalized spacial score (nSPS) is 14.1. The van der Waals surface area contributed by atoms with Gasteiger partial charge in [0.05, 0.1) is 16.1 Å². The van der Waals surface area contributed by atoms with Crippen LogP contribution in [0.4, 0.5) is 24.7 Å². The van der Waals surface area contributed by atoms with Gasteiger partial charge in [0.2, 0.25) is 0 Å². The highest BCUT2D eigenvalue weighted by Gasteiger charge is 2.32. The van der Waals surface area contributed by atoms with E-state index in [1.807, 2.05) is 0 Å². The lowest BCUT2D eigenvalue weighted by atomic mass is 10.1. The summed E-state index contributed by atoms with van der Waals surface area (Å²) in [5.74, 6) is 0.111. The quantitative estimate of drug-likeness (QED) is 0.689. The van der Waals surface area contributed by atoms with Crippen molar-refractivity contribution in [2.45, 2.75) is 6.18 Å². The summed E-state index contributed by atoms with van der Waals surface area (Å²) in [6, 6.07) is 7.69. The number of alkyl halides is 3. The number of amides is 1. The Hall–Kier alpha value is -1.90. The van der Waals surface area contributed by atoms with Crippen LogP contribution in [-0.2, 0) is 6.18 Å². The third kappa shape index (κ3) is 5.12. The Bertz CT molecular complexity index is 828. The van der Waals surface area contributed by atoms with Crippen molar-refractivity contribution in [2.24, 2.45) is 0 Å². The second-order valence-corrected chi connectivity index (χ2v) is 6.30. The van der Waals surface area contributed by atoms with Crippen molar-refractivity contribution in [3.05, 3.63) is 52.7 Å². The number of anilines is 2. The lowest BCUT2D eigenvalue weighted by molar-refractivity contribution is -0.137. The molecule has 28 heavy (non-hydrogen) atoms. The summed E-state index contributed by atoms with van der Waals surface area (Å²) in [7, 11) is 0. The highest BCUT2D eigenvalue weighted by atomic mass is 35.5. The Kier molecular flexibility index (Phi) is 8.22. The van der Waals surface area contributed by atoms with E-state index in [9.17, 15) is 18.0 Å². The first-order valence-corrected chi connectivity index (χ1v) is 8.26. The molecule has 1 aliphatic rings. The van der Waals surface area contributed by atoms with Crippen molar-refractivity contribution in [1.82, 2.24) is 9.88 Å². The van der Waals surface area contributed by atoms with E-state index in [-0.39, 0.29) is 41.6 Å². The van der Waals surface area contributed by atoms with Gasteiger partial charge in [0.1, 0.15) is 5.82 Å². The van der Waals surface area contributed by atoms with Crippen LogP contribution in [0.5, 0.6) is 0 Å². The molecule has 2 aromatic rings. The molecule has 0 atom stereocenters. The molecule has 2 heterocycles. The van der Waals surface area contributed by atoms with Gasteiger partial charge in [-0.2, -0.15) is 13.2 Å². The maximum Gasteiger partial charge on any atom is 0.417 e. The molecule has 1 fully saturated rings. The molecule has 1 saturated heterocycles. The predicted molar refractivity (Wildman–Crippen MR) is 108 cm³/mol. The minimum atomic E-state index is -4.49. The van der Waals surface area contributed by atoms with Crippen LogP contribution >= 0.6 is 36.4 Å². The molecule has 5 nitrogen and oxygen atoms in total. The average molecular weight is 458 g/mol. The fraction of sp³-hybridized carbons (Fsp3) is 0.294. The maximum absolute atomic E-state index is 12.7. The van der Waals surface area contributed by atoms with Gasteiger partial charge in [-0.3, -0.25) is 4.79 Å². The van der Waals surface area contributed by atoms with E-state index in [1.54, 1.807) is 34.1 Å². The third-order valence-electron chi connectivity index (χ3n) is 4.21. The lowest BCUT2D eigenvalue weighted by Gasteiger charge is -2.36. The zero-order chi connectivity index (χ0) is 18.9. The van der Waals surface area contributed by atoms with E-state index in [4.69, 9.17) is 17.3 Å². The molecule has 2 N–H and O–H groups in total. The minimum Gasteiger partial charge on any atom is -0.398 e. The van der Waals surface area contributed by atoms with Crippen LogP contribution in [-0.4, -0.2) is 42.0 Å². The molecule has 1 amide bonds. The van der Waals surface area contributed by atoms with E-state index < -0.39 is 11.7 Å². The first-order chi connectivity index (χ1) is 12.3. The number of hydrogen-bond donors (Lipinski definition) is 1. The van der Waals surface area contributed by atoms with Crippen molar-refractivity contribution in [2.75, 3.05) is 36.8 Å². The number of hydrogen-bond acceptors (Lipinski definition) is 4. The molecular weight excluding hydrogens is 440 g/mol. The Morgan fingerprint density at radius 1 is 1.11 bits per heavy atom. The predicted octanol–water partition coefficient (Wildman–Crippen LogP) is 4.14. The zero-order valence-corrected chi connectivity index (χ0v) is 16.8. The number of carbonyl (C=O) groups is 1. The third-order valence-corrected chi connectivity index (χ3v) is 4.48. The molecule has 1 aromatic carbocycles. The summed E-state index contributed by atoms with van der Waals surface area (Å²) in [5.41, 5.74) is 5.80. The lowest BCUT2D eigenvalue weighted by Crippen LogP contribution is -2.49. The topological polar surface area (TPSA) is 62.5 Å². The minimum absolute atomic E-state index is 0. The first kappa shape index (κ1) is 24.1. The largest absolute Gasteiger partial charge is 0.417 e. The zero-order valence-electron chi connectivity index (χ0n) is 14.4. The number of para-hydroxylation sites is 1. The van der Waals surface area contributed by atoms with E-state index in [1.165, 1.54) is 0 Å². The number of halogens is 6. The summed E-state index contributed by atoms with van der Waals surface area (Å²) in [6.45, 7) is 1.62. The molecule has 0 bridgehead atoms. The van der Waals surface area contributed by atoms with Crippen molar-refractivity contribution in [3.8, 4) is 0 Å². The van der Waals surface area contributed by atoms with Crippen LogP contribution < -0.4 is 10.6 Å². The molecule has 0 unspecified atom stereocenters. The van der Waals surface area contributed by atoms with Crippen LogP contribution in [0.15, 0.2) is 36.5 Å². The van der Waals surface area contributed by atoms with Crippen LogP contribution in [0.3, 0.4) is 0 Å². The Balaban J connectivity index is 0.00000196. The van der Waals surface area contributed by atoms with Gasteiger partial charge in [0.15, 0.2) is 0 Å². The number of benzene rings is 1. The van der Waals surface area contributed by atoms with Crippen molar-refractivity contribution >= 4 is 53.8 Å². The maximum atomic E-state index is 12.7. The van der Waals surface area contributed by atoms with E-state index >= 15 is 0 Å². The van der Waals surface area contributed by atoms with Crippen LogP contribution in [0, 0.1) is 0 Å².